The smallest absolute Gasteiger partial charge is 0.238 e. The molecule has 0 unspecified atom stereocenters. The largest absolute Gasteiger partial charge is 0.309 e. The summed E-state index contributed by atoms with van der Waals surface area (Å²) in [7, 11) is 0. The van der Waals surface area contributed by atoms with E-state index in [-0.39, 0.29) is 10.8 Å². The Morgan fingerprint density at radius 3 is 1.53 bits per heavy atom. The van der Waals surface area contributed by atoms with Crippen molar-refractivity contribution in [2.45, 2.75) is 51.4 Å². The van der Waals surface area contributed by atoms with Gasteiger partial charge in [0.2, 0.25) is 5.95 Å². The predicted molar refractivity (Wildman–Crippen MR) is 266 cm³/mol. The molecule has 0 bridgehead atoms. The van der Waals surface area contributed by atoms with Crippen LogP contribution in [0.1, 0.15) is 51.7 Å². The second kappa shape index (κ2) is 14.5. The molecule has 5 heteroatoms. The number of benzene rings is 8. The fourth-order valence-corrected chi connectivity index (χ4v) is 10.4. The summed E-state index contributed by atoms with van der Waals surface area (Å²) in [5, 5.41) is 4.71. The first-order valence-corrected chi connectivity index (χ1v) is 22.4. The van der Waals surface area contributed by atoms with Crippen LogP contribution in [-0.4, -0.2) is 24.1 Å². The first-order valence-electron chi connectivity index (χ1n) is 22.4. The van der Waals surface area contributed by atoms with E-state index in [1.165, 1.54) is 62.4 Å². The maximum atomic E-state index is 5.21. The molecule has 0 fully saturated rings. The van der Waals surface area contributed by atoms with E-state index >= 15 is 0 Å². The molecule has 5 nitrogen and oxygen atoms in total. The first-order chi connectivity index (χ1) is 31.2. The van der Waals surface area contributed by atoms with Gasteiger partial charge in [-0.3, -0.25) is 4.57 Å². The van der Waals surface area contributed by atoms with Crippen LogP contribution in [0.2, 0.25) is 0 Å². The van der Waals surface area contributed by atoms with Gasteiger partial charge >= 0.3 is 0 Å². The van der Waals surface area contributed by atoms with Crippen molar-refractivity contribution in [1.29, 1.82) is 0 Å². The molecule has 0 saturated heterocycles. The lowest BCUT2D eigenvalue weighted by molar-refractivity contribution is 0.332. The van der Waals surface area contributed by atoms with Gasteiger partial charge < -0.3 is 4.57 Å². The van der Waals surface area contributed by atoms with Crippen LogP contribution < -0.4 is 0 Å². The van der Waals surface area contributed by atoms with E-state index in [0.29, 0.717) is 17.6 Å². The Kier molecular flexibility index (Phi) is 8.61. The van der Waals surface area contributed by atoms with E-state index in [1.54, 1.807) is 0 Å². The van der Waals surface area contributed by atoms with Gasteiger partial charge in [0.25, 0.3) is 0 Å². The highest BCUT2D eigenvalue weighted by molar-refractivity contribution is 6.29. The van der Waals surface area contributed by atoms with Gasteiger partial charge in [0.05, 0.1) is 27.8 Å². The van der Waals surface area contributed by atoms with Crippen molar-refractivity contribution >= 4 is 43.6 Å². The zero-order chi connectivity index (χ0) is 43.2. The maximum absolute atomic E-state index is 5.21. The van der Waals surface area contributed by atoms with Gasteiger partial charge in [0.1, 0.15) is 0 Å². The molecule has 3 aromatic heterocycles. The number of para-hydroxylation sites is 3. The molecule has 308 valence electrons. The molecule has 1 aliphatic rings. The fourth-order valence-electron chi connectivity index (χ4n) is 10.4. The number of fused-ring (bicyclic) bond motifs is 8. The van der Waals surface area contributed by atoms with Crippen molar-refractivity contribution in [3.63, 3.8) is 0 Å². The van der Waals surface area contributed by atoms with Crippen molar-refractivity contribution in [3.05, 3.63) is 199 Å². The van der Waals surface area contributed by atoms with Crippen molar-refractivity contribution in [1.82, 2.24) is 24.1 Å². The zero-order valence-electron chi connectivity index (χ0n) is 36.5. The van der Waals surface area contributed by atoms with Crippen molar-refractivity contribution < 1.29 is 0 Å². The minimum atomic E-state index is 0.140. The van der Waals surface area contributed by atoms with Gasteiger partial charge in [-0.2, -0.15) is 9.97 Å². The molecule has 0 saturated carbocycles. The third kappa shape index (κ3) is 6.02. The number of hydrogen-bond acceptors (Lipinski definition) is 3. The second-order valence-electron chi connectivity index (χ2n) is 18.7. The van der Waals surface area contributed by atoms with Gasteiger partial charge in [-0.15, -0.1) is 0 Å². The van der Waals surface area contributed by atoms with Crippen LogP contribution in [0.3, 0.4) is 0 Å². The van der Waals surface area contributed by atoms with Crippen LogP contribution in [0, 0.1) is 0 Å². The quantitative estimate of drug-likeness (QED) is 0.168. The highest BCUT2D eigenvalue weighted by atomic mass is 15.2. The Bertz CT molecular complexity index is 3550. The minimum absolute atomic E-state index is 0.140. The number of hydrogen-bond donors (Lipinski definition) is 0. The summed E-state index contributed by atoms with van der Waals surface area (Å²) in [6.45, 7) is 9.61. The summed E-state index contributed by atoms with van der Waals surface area (Å²) >= 11 is 0. The fraction of sp³-hybridized carbons (Fsp3) is 0.136. The van der Waals surface area contributed by atoms with Crippen molar-refractivity contribution in [2.75, 3.05) is 0 Å². The summed E-state index contributed by atoms with van der Waals surface area (Å²) in [4.78, 5) is 15.4. The number of aromatic nitrogens is 5. The molecule has 0 spiro atoms. The van der Waals surface area contributed by atoms with Gasteiger partial charge in [0, 0.05) is 38.2 Å². The van der Waals surface area contributed by atoms with E-state index in [2.05, 4.69) is 188 Å². The molecule has 0 atom stereocenters. The Hall–Kier alpha value is -7.63. The van der Waals surface area contributed by atoms with E-state index < -0.39 is 0 Å². The molecule has 3 heterocycles. The highest BCUT2D eigenvalue weighted by Gasteiger charge is 2.37. The zero-order valence-corrected chi connectivity index (χ0v) is 36.5. The van der Waals surface area contributed by atoms with Crippen LogP contribution >= 0.6 is 0 Å². The number of rotatable bonds is 6. The molecule has 8 aromatic carbocycles. The molecule has 1 aliphatic carbocycles. The molecule has 11 aromatic rings. The van der Waals surface area contributed by atoms with Crippen LogP contribution in [-0.2, 0) is 10.8 Å². The molecule has 0 amide bonds. The Balaban J connectivity index is 1.07. The van der Waals surface area contributed by atoms with Crippen molar-refractivity contribution in [2.24, 2.45) is 0 Å². The molecule has 0 radical (unpaired) electrons. The predicted octanol–water partition coefficient (Wildman–Crippen LogP) is 15.1. The van der Waals surface area contributed by atoms with Gasteiger partial charge in [-0.05, 0) is 87.9 Å². The van der Waals surface area contributed by atoms with E-state index in [4.69, 9.17) is 15.0 Å². The van der Waals surface area contributed by atoms with E-state index in [0.717, 1.165) is 44.3 Å². The SMILES string of the molecule is CC1(C)CCC(C)(C)c2cc(-c3cccc(-c4ccccc4-n4c5ccccc5c5c6c7ccccc7n(-c7nc(-c8ccccc8)nc(-c8ccccc8)n7)c6ccc54)c3)ccc21. The third-order valence-electron chi connectivity index (χ3n) is 13.9. The normalized spacial score (nSPS) is 14.4. The third-order valence-corrected chi connectivity index (χ3v) is 13.9. The average molecular weight is 826 g/mol. The average Bonchev–Trinajstić information content (AvgIpc) is 3.86. The van der Waals surface area contributed by atoms with Gasteiger partial charge in [-0.1, -0.05) is 179 Å². The standard InChI is InChI=1S/C59H47N5/c1-58(2)34-35-59(3,4)47-37-41(30-31-46(47)58)40-22-17-23-42(36-40)43-24-11-14-27-48(43)63-49-28-15-12-25-44(49)53-51(63)32-33-52-54(53)45-26-13-16-29-50(45)64(52)57-61-55(38-18-7-5-8-19-38)60-56(62-57)39-20-9-6-10-21-39/h5-33,36-37H,34-35H2,1-4H3. The van der Waals surface area contributed by atoms with Crippen LogP contribution in [0.5, 0.6) is 0 Å². The van der Waals surface area contributed by atoms with Gasteiger partial charge in [0.15, 0.2) is 11.6 Å². The first kappa shape index (κ1) is 38.1. The topological polar surface area (TPSA) is 48.5 Å². The summed E-state index contributed by atoms with van der Waals surface area (Å²) < 4.78 is 4.69. The molecule has 12 rings (SSSR count). The molecule has 64 heavy (non-hydrogen) atoms. The lowest BCUT2D eigenvalue weighted by Gasteiger charge is -2.42. The number of nitrogens with zero attached hydrogens (tertiary/aromatic N) is 5. The highest BCUT2D eigenvalue weighted by Crippen LogP contribution is 2.48. The van der Waals surface area contributed by atoms with Crippen LogP contribution in [0.4, 0.5) is 0 Å². The Morgan fingerprint density at radius 2 is 0.875 bits per heavy atom. The second-order valence-corrected chi connectivity index (χ2v) is 18.7. The van der Waals surface area contributed by atoms with Crippen LogP contribution in [0.15, 0.2) is 188 Å². The Morgan fingerprint density at radius 1 is 0.375 bits per heavy atom. The lowest BCUT2D eigenvalue weighted by Crippen LogP contribution is -2.33. The Labute approximate surface area is 373 Å². The summed E-state index contributed by atoms with van der Waals surface area (Å²) in [5.74, 6) is 1.85. The van der Waals surface area contributed by atoms with E-state index in [9.17, 15) is 0 Å². The maximum Gasteiger partial charge on any atom is 0.238 e. The van der Waals surface area contributed by atoms with Crippen molar-refractivity contribution in [3.8, 4) is 56.7 Å². The van der Waals surface area contributed by atoms with Gasteiger partial charge in [-0.25, -0.2) is 4.98 Å². The minimum Gasteiger partial charge on any atom is -0.309 e. The van der Waals surface area contributed by atoms with E-state index in [1.807, 2.05) is 36.4 Å². The summed E-state index contributed by atoms with van der Waals surface area (Å²) in [6.07, 6.45) is 2.40. The summed E-state index contributed by atoms with van der Waals surface area (Å²) in [5.41, 5.74) is 15.5. The molecule has 0 aliphatic heterocycles. The molecule has 0 N–H and O–H groups in total. The monoisotopic (exact) mass is 825 g/mol. The molecular formula is C59H47N5. The molecular weight excluding hydrogens is 779 g/mol. The van der Waals surface area contributed by atoms with Crippen LogP contribution in [0.25, 0.3) is 100 Å². The summed E-state index contributed by atoms with van der Waals surface area (Å²) in [6, 6.07) is 67.6. The lowest BCUT2D eigenvalue weighted by atomic mass is 9.63.